The first-order chi connectivity index (χ1) is 8.27. The number of nitrogens with one attached hydrogen (secondary N) is 1. The highest BCUT2D eigenvalue weighted by molar-refractivity contribution is 7.89. The van der Waals surface area contributed by atoms with Crippen molar-refractivity contribution in [3.05, 3.63) is 29.8 Å². The van der Waals surface area contributed by atoms with Gasteiger partial charge in [0.1, 0.15) is 0 Å². The third-order valence-electron chi connectivity index (χ3n) is 2.70. The van der Waals surface area contributed by atoms with Crippen LogP contribution in [0.2, 0.25) is 0 Å². The van der Waals surface area contributed by atoms with E-state index in [0.717, 1.165) is 5.56 Å². The van der Waals surface area contributed by atoms with Gasteiger partial charge in [0.2, 0.25) is 10.0 Å². The van der Waals surface area contributed by atoms with E-state index in [2.05, 4.69) is 25.5 Å². The molecule has 4 nitrogen and oxygen atoms in total. The average molecular weight is 307 g/mol. The van der Waals surface area contributed by atoms with Gasteiger partial charge in [0.15, 0.2) is 0 Å². The van der Waals surface area contributed by atoms with E-state index in [1.165, 1.54) is 0 Å². The van der Waals surface area contributed by atoms with E-state index in [4.69, 9.17) is 5.73 Å². The standard InChI is InChI=1S/C13H22N2O2S.ClH/c1-13(2,3)11-5-7-12(8-6-11)18(16,17)15-10-4-9-14;/h5-8,15H,4,9-10,14H2,1-3H3;1H. The van der Waals surface area contributed by atoms with Crippen LogP contribution in [0, 0.1) is 0 Å². The molecule has 0 atom stereocenters. The molecule has 110 valence electrons. The summed E-state index contributed by atoms with van der Waals surface area (Å²) in [4.78, 5) is 0.299. The Labute approximate surface area is 122 Å². The van der Waals surface area contributed by atoms with Crippen molar-refractivity contribution >= 4 is 22.4 Å². The maximum Gasteiger partial charge on any atom is 0.240 e. The number of rotatable bonds is 5. The molecule has 3 N–H and O–H groups in total. The number of halogens is 1. The van der Waals surface area contributed by atoms with Crippen LogP contribution in [-0.4, -0.2) is 21.5 Å². The van der Waals surface area contributed by atoms with Crippen LogP contribution >= 0.6 is 12.4 Å². The Hall–Kier alpha value is -0.620. The molecule has 1 aromatic carbocycles. The quantitative estimate of drug-likeness (QED) is 0.818. The molecule has 0 bridgehead atoms. The van der Waals surface area contributed by atoms with Crippen molar-refractivity contribution < 1.29 is 8.42 Å². The third kappa shape index (κ3) is 5.48. The first-order valence-electron chi connectivity index (χ1n) is 6.07. The van der Waals surface area contributed by atoms with Gasteiger partial charge in [-0.1, -0.05) is 32.9 Å². The van der Waals surface area contributed by atoms with Crippen LogP contribution in [0.3, 0.4) is 0 Å². The predicted molar refractivity (Wildman–Crippen MR) is 81.2 cm³/mol. The Morgan fingerprint density at radius 1 is 1.16 bits per heavy atom. The van der Waals surface area contributed by atoms with Gasteiger partial charge in [0, 0.05) is 6.54 Å². The first kappa shape index (κ1) is 18.4. The summed E-state index contributed by atoms with van der Waals surface area (Å²) in [6.07, 6.45) is 0.638. The molecule has 0 fully saturated rings. The van der Waals surface area contributed by atoms with Crippen LogP contribution in [0.4, 0.5) is 0 Å². The van der Waals surface area contributed by atoms with Crippen LogP contribution < -0.4 is 10.5 Å². The van der Waals surface area contributed by atoms with Crippen molar-refractivity contribution in [2.45, 2.75) is 37.5 Å². The van der Waals surface area contributed by atoms with Gasteiger partial charge in [-0.3, -0.25) is 0 Å². The fraction of sp³-hybridized carbons (Fsp3) is 0.538. The monoisotopic (exact) mass is 306 g/mol. The van der Waals surface area contributed by atoms with E-state index in [1.807, 2.05) is 12.1 Å². The van der Waals surface area contributed by atoms with E-state index in [-0.39, 0.29) is 17.8 Å². The lowest BCUT2D eigenvalue weighted by atomic mass is 9.87. The highest BCUT2D eigenvalue weighted by Gasteiger charge is 2.16. The molecule has 0 saturated heterocycles. The number of hydrogen-bond donors (Lipinski definition) is 2. The molecule has 1 rings (SSSR count). The molecule has 0 heterocycles. The van der Waals surface area contributed by atoms with Gasteiger partial charge >= 0.3 is 0 Å². The van der Waals surface area contributed by atoms with Gasteiger partial charge in [-0.25, -0.2) is 13.1 Å². The van der Waals surface area contributed by atoms with E-state index in [9.17, 15) is 8.42 Å². The first-order valence-corrected chi connectivity index (χ1v) is 7.56. The molecule has 0 spiro atoms. The smallest absolute Gasteiger partial charge is 0.240 e. The summed E-state index contributed by atoms with van der Waals surface area (Å²) in [5.41, 5.74) is 6.47. The van der Waals surface area contributed by atoms with Gasteiger partial charge in [-0.2, -0.15) is 0 Å². The van der Waals surface area contributed by atoms with Crippen LogP contribution in [0.15, 0.2) is 29.2 Å². The van der Waals surface area contributed by atoms with Crippen molar-refractivity contribution in [3.8, 4) is 0 Å². The molecular weight excluding hydrogens is 284 g/mol. The summed E-state index contributed by atoms with van der Waals surface area (Å²) in [5, 5.41) is 0. The molecule has 0 aliphatic carbocycles. The normalized spacial score (nSPS) is 12.0. The van der Waals surface area contributed by atoms with Gasteiger partial charge in [0.25, 0.3) is 0 Å². The van der Waals surface area contributed by atoms with Crippen LogP contribution in [-0.2, 0) is 15.4 Å². The Balaban J connectivity index is 0.00000324. The molecule has 0 saturated carbocycles. The second kappa shape index (κ2) is 7.24. The SMILES string of the molecule is CC(C)(C)c1ccc(S(=O)(=O)NCCCN)cc1.Cl. The maximum atomic E-state index is 11.9. The lowest BCUT2D eigenvalue weighted by Gasteiger charge is -2.19. The Morgan fingerprint density at radius 2 is 1.68 bits per heavy atom. The lowest BCUT2D eigenvalue weighted by Crippen LogP contribution is -2.26. The molecule has 0 amide bonds. The zero-order valence-electron chi connectivity index (χ0n) is 11.6. The van der Waals surface area contributed by atoms with E-state index in [0.29, 0.717) is 24.4 Å². The Morgan fingerprint density at radius 3 is 2.11 bits per heavy atom. The summed E-state index contributed by atoms with van der Waals surface area (Å²) < 4.78 is 26.4. The third-order valence-corrected chi connectivity index (χ3v) is 4.18. The van der Waals surface area contributed by atoms with E-state index >= 15 is 0 Å². The van der Waals surface area contributed by atoms with Crippen LogP contribution in [0.1, 0.15) is 32.8 Å². The lowest BCUT2D eigenvalue weighted by molar-refractivity contribution is 0.577. The zero-order chi connectivity index (χ0) is 13.8. The highest BCUT2D eigenvalue weighted by atomic mass is 35.5. The highest BCUT2D eigenvalue weighted by Crippen LogP contribution is 2.23. The summed E-state index contributed by atoms with van der Waals surface area (Å²) in [6, 6.07) is 7.01. The van der Waals surface area contributed by atoms with Crippen LogP contribution in [0.25, 0.3) is 0 Å². The van der Waals surface area contributed by atoms with E-state index in [1.54, 1.807) is 12.1 Å². The van der Waals surface area contributed by atoms with Crippen LogP contribution in [0.5, 0.6) is 0 Å². The number of sulfonamides is 1. The second-order valence-electron chi connectivity index (χ2n) is 5.31. The topological polar surface area (TPSA) is 72.2 Å². The van der Waals surface area contributed by atoms with Crippen molar-refractivity contribution in [2.75, 3.05) is 13.1 Å². The average Bonchev–Trinajstić information content (AvgIpc) is 2.28. The molecule has 6 heteroatoms. The summed E-state index contributed by atoms with van der Waals surface area (Å²) in [6.45, 7) is 7.13. The van der Waals surface area contributed by atoms with Gasteiger partial charge in [-0.15, -0.1) is 12.4 Å². The molecule has 0 aliphatic rings. The molecule has 0 aliphatic heterocycles. The number of nitrogens with two attached hydrogens (primary N) is 1. The number of hydrogen-bond acceptors (Lipinski definition) is 3. The largest absolute Gasteiger partial charge is 0.330 e. The molecule has 0 unspecified atom stereocenters. The van der Waals surface area contributed by atoms with Gasteiger partial charge in [0.05, 0.1) is 4.90 Å². The minimum absolute atomic E-state index is 0. The minimum Gasteiger partial charge on any atom is -0.330 e. The molecule has 0 radical (unpaired) electrons. The minimum atomic E-state index is -3.40. The Bertz CT molecular complexity index is 478. The molecule has 0 aromatic heterocycles. The van der Waals surface area contributed by atoms with E-state index < -0.39 is 10.0 Å². The second-order valence-corrected chi connectivity index (χ2v) is 7.08. The van der Waals surface area contributed by atoms with Gasteiger partial charge in [-0.05, 0) is 36.1 Å². The van der Waals surface area contributed by atoms with Crippen molar-refractivity contribution in [3.63, 3.8) is 0 Å². The predicted octanol–water partition coefficient (Wildman–Crippen LogP) is 2.03. The summed E-state index contributed by atoms with van der Waals surface area (Å²) in [5.74, 6) is 0. The van der Waals surface area contributed by atoms with Crippen molar-refractivity contribution in [2.24, 2.45) is 5.73 Å². The van der Waals surface area contributed by atoms with Crippen molar-refractivity contribution in [1.82, 2.24) is 4.72 Å². The fourth-order valence-electron chi connectivity index (χ4n) is 1.53. The Kier molecular flexibility index (Phi) is 7.00. The van der Waals surface area contributed by atoms with Gasteiger partial charge < -0.3 is 5.73 Å². The maximum absolute atomic E-state index is 11.9. The molecule has 19 heavy (non-hydrogen) atoms. The molecule has 1 aromatic rings. The fourth-order valence-corrected chi connectivity index (χ4v) is 2.60. The summed E-state index contributed by atoms with van der Waals surface area (Å²) >= 11 is 0. The molecular formula is C13H23ClN2O2S. The van der Waals surface area contributed by atoms with Crippen molar-refractivity contribution in [1.29, 1.82) is 0 Å². The number of benzene rings is 1. The zero-order valence-corrected chi connectivity index (χ0v) is 13.3. The summed E-state index contributed by atoms with van der Waals surface area (Å²) in [7, 11) is -3.40.